The lowest BCUT2D eigenvalue weighted by Crippen LogP contribution is -2.32. The van der Waals surface area contributed by atoms with Crippen LogP contribution in [0.2, 0.25) is 0 Å². The molecule has 0 atom stereocenters. The second-order valence-electron chi connectivity index (χ2n) is 20.6. The smallest absolute Gasteiger partial charge is 0.132 e. The molecule has 0 unspecified atom stereocenters. The average molecular weight is 982 g/mol. The van der Waals surface area contributed by atoms with Crippen molar-refractivity contribution in [3.05, 3.63) is 330 Å². The fourth-order valence-electron chi connectivity index (χ4n) is 13.8. The van der Waals surface area contributed by atoms with Crippen LogP contribution in [0.4, 0.5) is 17.1 Å². The van der Waals surface area contributed by atoms with Crippen LogP contribution in [0.25, 0.3) is 55.6 Å². The highest BCUT2D eigenvalue weighted by Gasteiger charge is 2.53. The first-order valence-corrected chi connectivity index (χ1v) is 26.6. The van der Waals surface area contributed by atoms with Gasteiger partial charge in [0.15, 0.2) is 0 Å². The Kier molecular flexibility index (Phi) is 9.47. The number of fused-ring (bicyclic) bond motifs is 18. The highest BCUT2D eigenvalue weighted by atomic mass is 16.5. The largest absolute Gasteiger partial charge is 0.457 e. The Morgan fingerprint density at radius 1 is 0.221 bits per heavy atom. The topological polar surface area (TPSA) is 21.7 Å². The van der Waals surface area contributed by atoms with E-state index < -0.39 is 10.8 Å². The van der Waals surface area contributed by atoms with E-state index >= 15 is 0 Å². The molecule has 0 saturated heterocycles. The molecular weight excluding hydrogens is 935 g/mol. The first-order valence-electron chi connectivity index (χ1n) is 26.6. The molecule has 3 heteroatoms. The highest BCUT2D eigenvalue weighted by molar-refractivity contribution is 6.04. The van der Waals surface area contributed by atoms with Gasteiger partial charge in [0, 0.05) is 39.1 Å². The molecule has 0 fully saturated rings. The molecule has 12 aromatic carbocycles. The monoisotopic (exact) mass is 981 g/mol. The fraction of sp³-hybridized carbons (Fsp3) is 0.0270. The standard InChI is InChI=1S/C74H47NO2/c1-2-20-48(21-3-1)49-40-42-50(43-41-49)51-44-46-52(47-45-51)75(66-35-19-33-64-72(66)56-24-5-8-27-58(56)74(64)61-30-11-16-38-69(61)77-70-39-17-12-31-62(70)74)65-34-13-6-22-53(65)54-25-18-32-63-71(54)55-23-4-7-26-57(55)73(63)59-28-9-14-36-67(59)76-68-37-15-10-29-60(68)73/h1-47H. The van der Waals surface area contributed by atoms with Crippen LogP contribution in [0, 0.1) is 0 Å². The summed E-state index contributed by atoms with van der Waals surface area (Å²) < 4.78 is 13.5. The van der Waals surface area contributed by atoms with E-state index in [1.165, 1.54) is 66.8 Å². The molecule has 360 valence electrons. The van der Waals surface area contributed by atoms with Gasteiger partial charge in [-0.15, -0.1) is 0 Å². The van der Waals surface area contributed by atoms with Crippen molar-refractivity contribution < 1.29 is 9.47 Å². The minimum absolute atomic E-state index is 0.605. The van der Waals surface area contributed by atoms with Crippen molar-refractivity contribution in [1.82, 2.24) is 0 Å². The van der Waals surface area contributed by atoms with Crippen LogP contribution in [-0.4, -0.2) is 0 Å². The van der Waals surface area contributed by atoms with Crippen LogP contribution in [0.3, 0.4) is 0 Å². The maximum atomic E-state index is 6.78. The molecule has 0 saturated carbocycles. The average Bonchev–Trinajstić information content (AvgIpc) is 4.07. The first kappa shape index (κ1) is 43.4. The summed E-state index contributed by atoms with van der Waals surface area (Å²) in [5.74, 6) is 3.51. The van der Waals surface area contributed by atoms with Crippen molar-refractivity contribution in [3.63, 3.8) is 0 Å². The van der Waals surface area contributed by atoms with Gasteiger partial charge in [-0.05, 0) is 115 Å². The number of benzene rings is 12. The summed E-state index contributed by atoms with van der Waals surface area (Å²) in [4.78, 5) is 2.53. The minimum Gasteiger partial charge on any atom is -0.457 e. The number of hydrogen-bond donors (Lipinski definition) is 0. The molecule has 2 aliphatic carbocycles. The number of para-hydroxylation sites is 5. The third-order valence-electron chi connectivity index (χ3n) is 16.8. The van der Waals surface area contributed by atoms with Gasteiger partial charge in [-0.25, -0.2) is 0 Å². The van der Waals surface area contributed by atoms with Gasteiger partial charge in [0.1, 0.15) is 23.0 Å². The van der Waals surface area contributed by atoms with Gasteiger partial charge in [0.05, 0.1) is 22.2 Å². The number of ether oxygens (including phenoxy) is 2. The normalized spacial score (nSPS) is 13.9. The van der Waals surface area contributed by atoms with Crippen LogP contribution < -0.4 is 14.4 Å². The number of rotatable bonds is 6. The molecule has 4 aliphatic rings. The molecule has 0 radical (unpaired) electrons. The van der Waals surface area contributed by atoms with Crippen LogP contribution in [-0.2, 0) is 10.8 Å². The van der Waals surface area contributed by atoms with Crippen molar-refractivity contribution in [2.24, 2.45) is 0 Å². The molecule has 12 aromatic rings. The Balaban J connectivity index is 0.946. The van der Waals surface area contributed by atoms with Crippen LogP contribution in [0.15, 0.2) is 285 Å². The van der Waals surface area contributed by atoms with Crippen molar-refractivity contribution in [1.29, 1.82) is 0 Å². The molecular formula is C74H47NO2. The lowest BCUT2D eigenvalue weighted by atomic mass is 9.66. The number of nitrogens with zero attached hydrogens (tertiary/aromatic N) is 1. The van der Waals surface area contributed by atoms with Crippen molar-refractivity contribution in [3.8, 4) is 78.6 Å². The fourth-order valence-corrected chi connectivity index (χ4v) is 13.8. The molecule has 0 aromatic heterocycles. The van der Waals surface area contributed by atoms with Crippen molar-refractivity contribution in [2.45, 2.75) is 10.8 Å². The molecule has 77 heavy (non-hydrogen) atoms. The third-order valence-corrected chi connectivity index (χ3v) is 16.8. The van der Waals surface area contributed by atoms with E-state index in [1.807, 2.05) is 0 Å². The zero-order chi connectivity index (χ0) is 50.7. The number of anilines is 3. The Morgan fingerprint density at radius 3 is 1.08 bits per heavy atom. The summed E-state index contributed by atoms with van der Waals surface area (Å²) in [5, 5.41) is 0. The molecule has 2 spiro atoms. The molecule has 0 bridgehead atoms. The predicted octanol–water partition coefficient (Wildman–Crippen LogP) is 19.1. The van der Waals surface area contributed by atoms with E-state index in [-0.39, 0.29) is 0 Å². The maximum absolute atomic E-state index is 6.78. The Morgan fingerprint density at radius 2 is 0.558 bits per heavy atom. The van der Waals surface area contributed by atoms with Gasteiger partial charge in [-0.3, -0.25) is 0 Å². The van der Waals surface area contributed by atoms with Crippen molar-refractivity contribution in [2.75, 3.05) is 4.90 Å². The second kappa shape index (κ2) is 16.8. The summed E-state index contributed by atoms with van der Waals surface area (Å²) in [6.07, 6.45) is 0. The predicted molar refractivity (Wildman–Crippen MR) is 312 cm³/mol. The van der Waals surface area contributed by atoms with E-state index in [0.717, 1.165) is 73.4 Å². The van der Waals surface area contributed by atoms with E-state index in [9.17, 15) is 0 Å². The molecule has 0 N–H and O–H groups in total. The molecule has 2 aliphatic heterocycles. The molecule has 16 rings (SSSR count). The van der Waals surface area contributed by atoms with Crippen molar-refractivity contribution >= 4 is 17.1 Å². The van der Waals surface area contributed by atoms with Gasteiger partial charge in [-0.2, -0.15) is 0 Å². The Bertz CT molecular complexity index is 4250. The SMILES string of the molecule is c1ccc(-c2ccc(-c3ccc(N(c4ccccc4-c4cccc5c4-c4ccccc4C54c5ccccc5Oc5ccccc54)c4cccc5c4-c4ccccc4C54c5ccccc5Oc5ccccc54)cc3)cc2)cc1. The Labute approximate surface area is 448 Å². The van der Waals surface area contributed by atoms with E-state index in [4.69, 9.17) is 9.47 Å². The van der Waals surface area contributed by atoms with E-state index in [0.29, 0.717) is 0 Å². The lowest BCUT2D eigenvalue weighted by molar-refractivity contribution is 0.436. The van der Waals surface area contributed by atoms with E-state index in [2.05, 4.69) is 290 Å². The second-order valence-corrected chi connectivity index (χ2v) is 20.6. The zero-order valence-corrected chi connectivity index (χ0v) is 41.9. The van der Waals surface area contributed by atoms with Gasteiger partial charge in [0.25, 0.3) is 0 Å². The molecule has 0 amide bonds. The quantitative estimate of drug-likeness (QED) is 0.166. The lowest BCUT2D eigenvalue weighted by Gasteiger charge is -2.39. The summed E-state index contributed by atoms with van der Waals surface area (Å²) in [5.41, 5.74) is 23.4. The maximum Gasteiger partial charge on any atom is 0.132 e. The summed E-state index contributed by atoms with van der Waals surface area (Å²) in [6.45, 7) is 0. The van der Waals surface area contributed by atoms with Crippen LogP contribution in [0.1, 0.15) is 44.5 Å². The van der Waals surface area contributed by atoms with Gasteiger partial charge < -0.3 is 14.4 Å². The molecule has 3 nitrogen and oxygen atoms in total. The highest BCUT2D eigenvalue weighted by Crippen LogP contribution is 2.66. The van der Waals surface area contributed by atoms with Crippen LogP contribution >= 0.6 is 0 Å². The van der Waals surface area contributed by atoms with Gasteiger partial charge in [-0.1, -0.05) is 237 Å². The van der Waals surface area contributed by atoms with Gasteiger partial charge >= 0.3 is 0 Å². The minimum atomic E-state index is -0.636. The van der Waals surface area contributed by atoms with Gasteiger partial charge in [0.2, 0.25) is 0 Å². The summed E-state index contributed by atoms with van der Waals surface area (Å²) in [7, 11) is 0. The summed E-state index contributed by atoms with van der Waals surface area (Å²) >= 11 is 0. The van der Waals surface area contributed by atoms with E-state index in [1.54, 1.807) is 0 Å². The number of hydrogen-bond acceptors (Lipinski definition) is 3. The van der Waals surface area contributed by atoms with Crippen LogP contribution in [0.5, 0.6) is 23.0 Å². The first-order chi connectivity index (χ1) is 38.2. The molecule has 2 heterocycles. The summed E-state index contributed by atoms with van der Waals surface area (Å²) in [6, 6.07) is 104. The zero-order valence-electron chi connectivity index (χ0n) is 41.9. The third kappa shape index (κ3) is 6.08. The Hall–Kier alpha value is -9.96.